The van der Waals surface area contributed by atoms with Crippen LogP contribution in [0.2, 0.25) is 0 Å². The fourth-order valence-electron chi connectivity index (χ4n) is 2.31. The summed E-state index contributed by atoms with van der Waals surface area (Å²) in [6.07, 6.45) is 0. The van der Waals surface area contributed by atoms with E-state index in [0.717, 1.165) is 11.3 Å². The number of nitrogens with two attached hydrogens (primary N) is 1. The zero-order valence-electron chi connectivity index (χ0n) is 12.7. The maximum Gasteiger partial charge on any atom is 0.144 e. The van der Waals surface area contributed by atoms with Crippen molar-refractivity contribution in [1.29, 1.82) is 0 Å². The van der Waals surface area contributed by atoms with Gasteiger partial charge in [-0.2, -0.15) is 0 Å². The Kier molecular flexibility index (Phi) is 4.68. The topological polar surface area (TPSA) is 47.3 Å². The molecule has 0 heterocycles. The maximum atomic E-state index is 13.6. The summed E-state index contributed by atoms with van der Waals surface area (Å²) in [7, 11) is 0. The van der Waals surface area contributed by atoms with Crippen LogP contribution in [0.5, 0.6) is 5.75 Å². The zero-order chi connectivity index (χ0) is 15.4. The van der Waals surface area contributed by atoms with Gasteiger partial charge in [-0.1, -0.05) is 18.2 Å². The van der Waals surface area contributed by atoms with Gasteiger partial charge in [0.15, 0.2) is 0 Å². The summed E-state index contributed by atoms with van der Waals surface area (Å²) in [5.74, 6) is 0.533. The molecule has 0 saturated heterocycles. The number of anilines is 2. The summed E-state index contributed by atoms with van der Waals surface area (Å²) in [5, 5.41) is 3.27. The molecule has 0 fully saturated rings. The van der Waals surface area contributed by atoms with Crippen LogP contribution in [0.4, 0.5) is 15.8 Å². The van der Waals surface area contributed by atoms with Crippen LogP contribution in [0.15, 0.2) is 30.3 Å². The number of aryl methyl sites for hydroxylation is 2. The second-order valence-corrected chi connectivity index (χ2v) is 5.05. The van der Waals surface area contributed by atoms with E-state index in [4.69, 9.17) is 10.5 Å². The minimum atomic E-state index is -0.142. The van der Waals surface area contributed by atoms with Crippen LogP contribution in [-0.4, -0.2) is 6.61 Å². The van der Waals surface area contributed by atoms with Crippen molar-refractivity contribution in [3.05, 3.63) is 52.8 Å². The molecular weight excluding hydrogens is 267 g/mol. The molecule has 2 aromatic carbocycles. The van der Waals surface area contributed by atoms with Gasteiger partial charge in [-0.25, -0.2) is 4.39 Å². The van der Waals surface area contributed by atoms with E-state index in [9.17, 15) is 4.39 Å². The fraction of sp³-hybridized carbons (Fsp3) is 0.294. The van der Waals surface area contributed by atoms with E-state index in [2.05, 4.69) is 5.32 Å². The van der Waals surface area contributed by atoms with Crippen molar-refractivity contribution in [3.63, 3.8) is 0 Å². The third-order valence-electron chi connectivity index (χ3n) is 3.35. The number of rotatable bonds is 5. The van der Waals surface area contributed by atoms with Gasteiger partial charge in [0.05, 0.1) is 18.0 Å². The SMILES string of the molecule is CCOc1cccc(NCc2cc(C)c(F)c(C)c2)c1N. The van der Waals surface area contributed by atoms with Gasteiger partial charge < -0.3 is 15.8 Å². The van der Waals surface area contributed by atoms with Gasteiger partial charge in [0.2, 0.25) is 0 Å². The number of hydrogen-bond acceptors (Lipinski definition) is 3. The Balaban J connectivity index is 2.15. The standard InChI is InChI=1S/C17H21FN2O/c1-4-21-15-7-5-6-14(17(15)19)20-10-13-8-11(2)16(18)12(3)9-13/h5-9,20H,4,10,19H2,1-3H3. The molecule has 0 atom stereocenters. The number of benzene rings is 2. The van der Waals surface area contributed by atoms with Gasteiger partial charge in [0, 0.05) is 6.54 Å². The Morgan fingerprint density at radius 1 is 1.19 bits per heavy atom. The molecule has 3 nitrogen and oxygen atoms in total. The molecular formula is C17H21FN2O. The first-order valence-corrected chi connectivity index (χ1v) is 7.03. The molecule has 0 aliphatic carbocycles. The molecule has 0 spiro atoms. The summed E-state index contributed by atoms with van der Waals surface area (Å²) in [6.45, 7) is 6.63. The Bertz CT molecular complexity index is 618. The molecule has 4 heteroatoms. The van der Waals surface area contributed by atoms with Crippen LogP contribution >= 0.6 is 0 Å². The third kappa shape index (κ3) is 3.45. The number of halogens is 1. The van der Waals surface area contributed by atoms with Crippen LogP contribution in [0, 0.1) is 19.7 Å². The van der Waals surface area contributed by atoms with E-state index >= 15 is 0 Å². The summed E-state index contributed by atoms with van der Waals surface area (Å²) >= 11 is 0. The summed E-state index contributed by atoms with van der Waals surface area (Å²) < 4.78 is 19.1. The quantitative estimate of drug-likeness (QED) is 0.816. The van der Waals surface area contributed by atoms with Crippen molar-refractivity contribution in [2.75, 3.05) is 17.7 Å². The molecule has 2 aromatic rings. The van der Waals surface area contributed by atoms with Crippen LogP contribution in [-0.2, 0) is 6.54 Å². The predicted octanol–water partition coefficient (Wildman–Crippen LogP) is 4.04. The molecule has 21 heavy (non-hydrogen) atoms. The number of ether oxygens (including phenoxy) is 1. The highest BCUT2D eigenvalue weighted by Crippen LogP contribution is 2.29. The highest BCUT2D eigenvalue weighted by molar-refractivity contribution is 5.72. The molecule has 0 aliphatic heterocycles. The molecule has 0 saturated carbocycles. The Hall–Kier alpha value is -2.23. The Morgan fingerprint density at radius 3 is 2.48 bits per heavy atom. The lowest BCUT2D eigenvalue weighted by atomic mass is 10.1. The van der Waals surface area contributed by atoms with Gasteiger partial charge >= 0.3 is 0 Å². The zero-order valence-corrected chi connectivity index (χ0v) is 12.7. The van der Waals surface area contributed by atoms with Crippen LogP contribution in [0.3, 0.4) is 0 Å². The third-order valence-corrected chi connectivity index (χ3v) is 3.35. The van der Waals surface area contributed by atoms with Gasteiger partial charge in [0.1, 0.15) is 11.6 Å². The highest BCUT2D eigenvalue weighted by Gasteiger charge is 2.07. The van der Waals surface area contributed by atoms with E-state index < -0.39 is 0 Å². The molecule has 0 bridgehead atoms. The maximum absolute atomic E-state index is 13.6. The van der Waals surface area contributed by atoms with E-state index in [-0.39, 0.29) is 5.82 Å². The average Bonchev–Trinajstić information content (AvgIpc) is 2.45. The first-order chi connectivity index (χ1) is 10.0. The largest absolute Gasteiger partial charge is 0.492 e. The van der Waals surface area contributed by atoms with Gasteiger partial charge in [-0.15, -0.1) is 0 Å². The van der Waals surface area contributed by atoms with Crippen molar-refractivity contribution < 1.29 is 9.13 Å². The minimum absolute atomic E-state index is 0.142. The predicted molar refractivity (Wildman–Crippen MR) is 85.2 cm³/mol. The number of nitrogen functional groups attached to an aromatic ring is 1. The average molecular weight is 288 g/mol. The second-order valence-electron chi connectivity index (χ2n) is 5.05. The minimum Gasteiger partial charge on any atom is -0.492 e. The molecule has 112 valence electrons. The van der Waals surface area contributed by atoms with Crippen molar-refractivity contribution in [2.45, 2.75) is 27.3 Å². The molecule has 0 aliphatic rings. The monoisotopic (exact) mass is 288 g/mol. The Morgan fingerprint density at radius 2 is 1.86 bits per heavy atom. The Labute approximate surface area is 124 Å². The van der Waals surface area contributed by atoms with Crippen LogP contribution in [0.1, 0.15) is 23.6 Å². The van der Waals surface area contributed by atoms with Crippen LogP contribution in [0.25, 0.3) is 0 Å². The molecule has 0 radical (unpaired) electrons. The van der Waals surface area contributed by atoms with Gasteiger partial charge in [-0.05, 0) is 49.6 Å². The lowest BCUT2D eigenvalue weighted by Gasteiger charge is -2.14. The number of nitrogens with one attached hydrogen (secondary N) is 1. The summed E-state index contributed by atoms with van der Waals surface area (Å²) in [6, 6.07) is 9.33. The number of para-hydroxylation sites is 1. The van der Waals surface area contributed by atoms with E-state index in [1.54, 1.807) is 13.8 Å². The smallest absolute Gasteiger partial charge is 0.144 e. The van der Waals surface area contributed by atoms with E-state index in [1.165, 1.54) is 0 Å². The normalized spacial score (nSPS) is 10.5. The lowest BCUT2D eigenvalue weighted by molar-refractivity contribution is 0.342. The van der Waals surface area contributed by atoms with E-state index in [0.29, 0.717) is 35.7 Å². The molecule has 0 amide bonds. The summed E-state index contributed by atoms with van der Waals surface area (Å²) in [4.78, 5) is 0. The summed E-state index contributed by atoms with van der Waals surface area (Å²) in [5.41, 5.74) is 9.81. The number of hydrogen-bond donors (Lipinski definition) is 2. The first-order valence-electron chi connectivity index (χ1n) is 7.03. The molecule has 3 N–H and O–H groups in total. The molecule has 0 unspecified atom stereocenters. The van der Waals surface area contributed by atoms with Gasteiger partial charge in [-0.3, -0.25) is 0 Å². The fourth-order valence-corrected chi connectivity index (χ4v) is 2.31. The van der Waals surface area contributed by atoms with Crippen LogP contribution < -0.4 is 15.8 Å². The van der Waals surface area contributed by atoms with Gasteiger partial charge in [0.25, 0.3) is 0 Å². The van der Waals surface area contributed by atoms with Crippen molar-refractivity contribution in [1.82, 2.24) is 0 Å². The van der Waals surface area contributed by atoms with Crippen molar-refractivity contribution >= 4 is 11.4 Å². The molecule has 2 rings (SSSR count). The van der Waals surface area contributed by atoms with E-state index in [1.807, 2.05) is 37.3 Å². The van der Waals surface area contributed by atoms with Crippen molar-refractivity contribution in [3.8, 4) is 5.75 Å². The van der Waals surface area contributed by atoms with Crippen molar-refractivity contribution in [2.24, 2.45) is 0 Å². The second kappa shape index (κ2) is 6.48. The lowest BCUT2D eigenvalue weighted by Crippen LogP contribution is -2.05. The highest BCUT2D eigenvalue weighted by atomic mass is 19.1. The first kappa shape index (κ1) is 15.2. The molecule has 0 aromatic heterocycles.